The van der Waals surface area contributed by atoms with E-state index in [4.69, 9.17) is 0 Å². The molecule has 19 heavy (non-hydrogen) atoms. The Morgan fingerprint density at radius 1 is 1.26 bits per heavy atom. The summed E-state index contributed by atoms with van der Waals surface area (Å²) in [4.78, 5) is 13.8. The molecular formula is C14H14BrNOS2. The van der Waals surface area contributed by atoms with Gasteiger partial charge < -0.3 is 5.32 Å². The molecule has 1 aromatic heterocycles. The van der Waals surface area contributed by atoms with Crippen LogP contribution in [-0.4, -0.2) is 18.2 Å². The third-order valence-corrected chi connectivity index (χ3v) is 5.11. The Labute approximate surface area is 129 Å². The molecule has 2 nitrogen and oxygen atoms in total. The van der Waals surface area contributed by atoms with Crippen LogP contribution in [0.2, 0.25) is 0 Å². The molecule has 2 aromatic rings. The van der Waals surface area contributed by atoms with Crippen molar-refractivity contribution in [3.63, 3.8) is 0 Å². The van der Waals surface area contributed by atoms with Gasteiger partial charge in [-0.1, -0.05) is 17.7 Å². The molecule has 1 aromatic carbocycles. The summed E-state index contributed by atoms with van der Waals surface area (Å²) in [5, 5.41) is 2.92. The number of carbonyl (C=O) groups excluding carboxylic acids is 1. The first-order chi connectivity index (χ1) is 9.15. The number of hydrogen-bond acceptors (Lipinski definition) is 3. The van der Waals surface area contributed by atoms with E-state index in [0.717, 1.165) is 14.4 Å². The lowest BCUT2D eigenvalue weighted by Crippen LogP contribution is -2.24. The highest BCUT2D eigenvalue weighted by Gasteiger charge is 2.07. The zero-order valence-electron chi connectivity index (χ0n) is 10.5. The molecule has 0 radical (unpaired) electrons. The van der Waals surface area contributed by atoms with Crippen molar-refractivity contribution >= 4 is 44.9 Å². The van der Waals surface area contributed by atoms with Crippen LogP contribution in [-0.2, 0) is 0 Å². The lowest BCUT2D eigenvalue weighted by Gasteiger charge is -2.04. The Balaban J connectivity index is 1.72. The summed E-state index contributed by atoms with van der Waals surface area (Å²) in [5.74, 6) is 0.877. The summed E-state index contributed by atoms with van der Waals surface area (Å²) in [6.45, 7) is 2.75. The van der Waals surface area contributed by atoms with E-state index in [1.807, 2.05) is 12.1 Å². The summed E-state index contributed by atoms with van der Waals surface area (Å²) in [6, 6.07) is 12.1. The normalized spacial score (nSPS) is 10.4. The van der Waals surface area contributed by atoms with E-state index in [0.29, 0.717) is 6.54 Å². The fourth-order valence-electron chi connectivity index (χ4n) is 1.49. The van der Waals surface area contributed by atoms with Gasteiger partial charge >= 0.3 is 0 Å². The van der Waals surface area contributed by atoms with Crippen molar-refractivity contribution in [2.45, 2.75) is 11.8 Å². The molecule has 0 saturated carbocycles. The molecule has 0 fully saturated rings. The maximum atomic E-state index is 11.8. The largest absolute Gasteiger partial charge is 0.350 e. The van der Waals surface area contributed by atoms with E-state index in [-0.39, 0.29) is 5.91 Å². The summed E-state index contributed by atoms with van der Waals surface area (Å²) < 4.78 is 0.978. The van der Waals surface area contributed by atoms with Gasteiger partial charge in [0.1, 0.15) is 0 Å². The second kappa shape index (κ2) is 7.12. The maximum absolute atomic E-state index is 11.8. The minimum absolute atomic E-state index is 0.000191. The van der Waals surface area contributed by atoms with E-state index >= 15 is 0 Å². The Morgan fingerprint density at radius 2 is 2.00 bits per heavy atom. The predicted octanol–water partition coefficient (Wildman–Crippen LogP) is 4.34. The van der Waals surface area contributed by atoms with Crippen LogP contribution >= 0.6 is 39.0 Å². The van der Waals surface area contributed by atoms with Crippen molar-refractivity contribution in [2.75, 3.05) is 12.3 Å². The van der Waals surface area contributed by atoms with Crippen molar-refractivity contribution in [1.82, 2.24) is 5.32 Å². The number of rotatable bonds is 5. The Hall–Kier alpha value is -0.780. The second-order valence-electron chi connectivity index (χ2n) is 4.02. The van der Waals surface area contributed by atoms with Crippen molar-refractivity contribution in [1.29, 1.82) is 0 Å². The molecule has 100 valence electrons. The number of nitrogens with one attached hydrogen (secondary N) is 1. The molecule has 1 N–H and O–H groups in total. The number of amides is 1. The lowest BCUT2D eigenvalue weighted by atomic mass is 10.2. The van der Waals surface area contributed by atoms with Crippen LogP contribution in [0.4, 0.5) is 0 Å². The average molecular weight is 356 g/mol. The van der Waals surface area contributed by atoms with E-state index in [1.165, 1.54) is 21.8 Å². The second-order valence-corrected chi connectivity index (χ2v) is 7.65. The number of thioether (sulfide) groups is 1. The Bertz CT molecular complexity index is 551. The summed E-state index contributed by atoms with van der Waals surface area (Å²) >= 11 is 6.55. The molecule has 0 atom stereocenters. The number of carbonyl (C=O) groups is 1. The molecule has 2 rings (SSSR count). The summed E-state index contributed by atoms with van der Waals surface area (Å²) in [6.07, 6.45) is 0. The highest BCUT2D eigenvalue weighted by atomic mass is 79.9. The molecule has 1 heterocycles. The van der Waals surface area contributed by atoms with Crippen LogP contribution in [0.25, 0.3) is 0 Å². The topological polar surface area (TPSA) is 29.1 Å². The molecule has 0 aliphatic heterocycles. The van der Waals surface area contributed by atoms with Crippen LogP contribution in [0.15, 0.2) is 45.1 Å². The van der Waals surface area contributed by atoms with Crippen molar-refractivity contribution in [3.8, 4) is 0 Å². The smallest absolute Gasteiger partial charge is 0.261 e. The fraction of sp³-hybridized carbons (Fsp3) is 0.214. The van der Waals surface area contributed by atoms with E-state index < -0.39 is 0 Å². The molecule has 0 unspecified atom stereocenters. The van der Waals surface area contributed by atoms with Crippen molar-refractivity contribution < 1.29 is 4.79 Å². The van der Waals surface area contributed by atoms with Gasteiger partial charge in [0.15, 0.2) is 0 Å². The molecule has 0 aliphatic carbocycles. The molecule has 5 heteroatoms. The molecule has 0 spiro atoms. The number of hydrogen-bond donors (Lipinski definition) is 1. The van der Waals surface area contributed by atoms with E-state index in [2.05, 4.69) is 52.4 Å². The van der Waals surface area contributed by atoms with Gasteiger partial charge in [0, 0.05) is 17.2 Å². The fourth-order valence-corrected chi connectivity index (χ4v) is 3.56. The molecule has 0 aliphatic rings. The van der Waals surface area contributed by atoms with Gasteiger partial charge in [-0.15, -0.1) is 23.1 Å². The highest BCUT2D eigenvalue weighted by molar-refractivity contribution is 9.11. The quantitative estimate of drug-likeness (QED) is 0.638. The van der Waals surface area contributed by atoms with E-state index in [1.54, 1.807) is 11.8 Å². The van der Waals surface area contributed by atoms with Crippen LogP contribution in [0, 0.1) is 6.92 Å². The lowest BCUT2D eigenvalue weighted by molar-refractivity contribution is 0.0960. The molecule has 0 saturated heterocycles. The zero-order chi connectivity index (χ0) is 13.7. The first-order valence-electron chi connectivity index (χ1n) is 5.88. The SMILES string of the molecule is Cc1ccc(SCCNC(=O)c2ccc(Br)s2)cc1. The standard InChI is InChI=1S/C14H14BrNOS2/c1-10-2-4-11(5-3-10)18-9-8-16-14(17)12-6-7-13(15)19-12/h2-7H,8-9H2,1H3,(H,16,17). The number of thiophene rings is 1. The monoisotopic (exact) mass is 355 g/mol. The Morgan fingerprint density at radius 3 is 2.63 bits per heavy atom. The third-order valence-electron chi connectivity index (χ3n) is 2.47. The summed E-state index contributed by atoms with van der Waals surface area (Å²) in [7, 11) is 0. The number of benzene rings is 1. The minimum atomic E-state index is 0.000191. The van der Waals surface area contributed by atoms with Gasteiger partial charge in [0.05, 0.1) is 8.66 Å². The van der Waals surface area contributed by atoms with E-state index in [9.17, 15) is 4.79 Å². The van der Waals surface area contributed by atoms with Crippen LogP contribution in [0.1, 0.15) is 15.2 Å². The Kier molecular flexibility index (Phi) is 5.48. The third kappa shape index (κ3) is 4.67. The zero-order valence-corrected chi connectivity index (χ0v) is 13.7. The molecule has 1 amide bonds. The highest BCUT2D eigenvalue weighted by Crippen LogP contribution is 2.22. The summed E-state index contributed by atoms with van der Waals surface area (Å²) in [5.41, 5.74) is 1.26. The van der Waals surface area contributed by atoms with Gasteiger partial charge in [-0.2, -0.15) is 0 Å². The van der Waals surface area contributed by atoms with Gasteiger partial charge in [0.2, 0.25) is 0 Å². The predicted molar refractivity (Wildman–Crippen MR) is 86.3 cm³/mol. The number of halogens is 1. The number of aryl methyl sites for hydroxylation is 1. The van der Waals surface area contributed by atoms with Crippen LogP contribution < -0.4 is 5.32 Å². The first kappa shape index (κ1) is 14.6. The van der Waals surface area contributed by atoms with Gasteiger partial charge in [-0.25, -0.2) is 0 Å². The van der Waals surface area contributed by atoms with Gasteiger partial charge in [-0.3, -0.25) is 4.79 Å². The maximum Gasteiger partial charge on any atom is 0.261 e. The van der Waals surface area contributed by atoms with Gasteiger partial charge in [-0.05, 0) is 47.1 Å². The molecule has 0 bridgehead atoms. The average Bonchev–Trinajstić information content (AvgIpc) is 2.83. The molecular weight excluding hydrogens is 342 g/mol. The first-order valence-corrected chi connectivity index (χ1v) is 8.47. The van der Waals surface area contributed by atoms with Crippen LogP contribution in [0.5, 0.6) is 0 Å². The van der Waals surface area contributed by atoms with Gasteiger partial charge in [0.25, 0.3) is 5.91 Å². The van der Waals surface area contributed by atoms with Crippen molar-refractivity contribution in [2.24, 2.45) is 0 Å². The van der Waals surface area contributed by atoms with Crippen molar-refractivity contribution in [3.05, 3.63) is 50.6 Å². The van der Waals surface area contributed by atoms with Crippen LogP contribution in [0.3, 0.4) is 0 Å². The minimum Gasteiger partial charge on any atom is -0.350 e.